The zero-order valence-electron chi connectivity index (χ0n) is 9.81. The molecule has 2 rings (SSSR count). The van der Waals surface area contributed by atoms with Gasteiger partial charge in [0.1, 0.15) is 6.04 Å². The molecule has 1 amide bonds. The molecular formula is C11H18N2O3. The molecule has 2 atom stereocenters. The minimum atomic E-state index is -0.147. The topological polar surface area (TPSA) is 49.9 Å². The Balaban J connectivity index is 1.93. The summed E-state index contributed by atoms with van der Waals surface area (Å²) < 4.78 is 4.76. The second-order valence-corrected chi connectivity index (χ2v) is 4.53. The lowest BCUT2D eigenvalue weighted by atomic mass is 9.95. The monoisotopic (exact) mass is 226 g/mol. The predicted molar refractivity (Wildman–Crippen MR) is 57.8 cm³/mol. The Morgan fingerprint density at radius 1 is 1.44 bits per heavy atom. The molecule has 0 saturated carbocycles. The lowest BCUT2D eigenvalue weighted by Crippen LogP contribution is -2.61. The van der Waals surface area contributed by atoms with Gasteiger partial charge in [-0.05, 0) is 12.8 Å². The fourth-order valence-electron chi connectivity index (χ4n) is 2.49. The Kier molecular flexibility index (Phi) is 3.14. The molecule has 2 aliphatic heterocycles. The minimum Gasteiger partial charge on any atom is -0.468 e. The molecule has 5 heteroatoms. The van der Waals surface area contributed by atoms with Crippen molar-refractivity contribution in [2.24, 2.45) is 0 Å². The van der Waals surface area contributed by atoms with Gasteiger partial charge in [0.05, 0.1) is 7.11 Å². The Hall–Kier alpha value is -1.10. The first-order chi connectivity index (χ1) is 7.63. The zero-order chi connectivity index (χ0) is 11.7. The van der Waals surface area contributed by atoms with Crippen LogP contribution in [0, 0.1) is 0 Å². The summed E-state index contributed by atoms with van der Waals surface area (Å²) in [5, 5.41) is 0. The number of hydrogen-bond acceptors (Lipinski definition) is 4. The Morgan fingerprint density at radius 3 is 2.69 bits per heavy atom. The number of methoxy groups -OCH3 is 1. The van der Waals surface area contributed by atoms with Crippen molar-refractivity contribution in [1.29, 1.82) is 0 Å². The Labute approximate surface area is 95.3 Å². The van der Waals surface area contributed by atoms with Gasteiger partial charge in [0, 0.05) is 32.6 Å². The molecule has 2 fully saturated rings. The van der Waals surface area contributed by atoms with Crippen molar-refractivity contribution in [3.8, 4) is 0 Å². The highest BCUT2D eigenvalue weighted by Gasteiger charge is 2.41. The number of nitrogens with zero attached hydrogens (tertiary/aromatic N) is 2. The number of rotatable bonds is 2. The van der Waals surface area contributed by atoms with Crippen molar-refractivity contribution in [2.45, 2.75) is 31.3 Å². The van der Waals surface area contributed by atoms with E-state index in [0.717, 1.165) is 25.9 Å². The predicted octanol–water partition coefficient (Wildman–Crippen LogP) is -0.146. The molecule has 0 aromatic heterocycles. The molecule has 2 unspecified atom stereocenters. The number of piperidine rings is 1. The summed E-state index contributed by atoms with van der Waals surface area (Å²) in [5.74, 6) is 0.0530. The number of ether oxygens (including phenoxy) is 1. The van der Waals surface area contributed by atoms with Crippen LogP contribution in [0.5, 0.6) is 0 Å². The highest BCUT2D eigenvalue weighted by Crippen LogP contribution is 2.26. The lowest BCUT2D eigenvalue weighted by molar-refractivity contribution is -0.155. The van der Waals surface area contributed by atoms with Gasteiger partial charge in [0.15, 0.2) is 0 Å². The molecule has 0 radical (unpaired) electrons. The Bertz CT molecular complexity index is 306. The van der Waals surface area contributed by atoms with Crippen molar-refractivity contribution in [3.63, 3.8) is 0 Å². The van der Waals surface area contributed by atoms with Crippen LogP contribution < -0.4 is 0 Å². The number of amides is 1. The second kappa shape index (κ2) is 4.41. The number of carbonyl (C=O) groups excluding carboxylic acids is 2. The molecule has 5 nitrogen and oxygen atoms in total. The third-order valence-corrected chi connectivity index (χ3v) is 3.61. The van der Waals surface area contributed by atoms with Crippen molar-refractivity contribution >= 4 is 11.9 Å². The smallest absolute Gasteiger partial charge is 0.323 e. The minimum absolute atomic E-state index is 0.0865. The maximum absolute atomic E-state index is 11.4. The average molecular weight is 226 g/mol. The van der Waals surface area contributed by atoms with Crippen LogP contribution in [0.4, 0.5) is 0 Å². The Morgan fingerprint density at radius 2 is 2.19 bits per heavy atom. The van der Waals surface area contributed by atoms with Crippen LogP contribution in [0.25, 0.3) is 0 Å². The maximum Gasteiger partial charge on any atom is 0.323 e. The number of hydrogen-bond donors (Lipinski definition) is 0. The van der Waals surface area contributed by atoms with Gasteiger partial charge in [-0.15, -0.1) is 0 Å². The fourth-order valence-corrected chi connectivity index (χ4v) is 2.49. The van der Waals surface area contributed by atoms with Gasteiger partial charge in [0.2, 0.25) is 5.91 Å². The van der Waals surface area contributed by atoms with Gasteiger partial charge in [-0.2, -0.15) is 0 Å². The van der Waals surface area contributed by atoms with E-state index in [-0.39, 0.29) is 17.9 Å². The quantitative estimate of drug-likeness (QED) is 0.615. The van der Waals surface area contributed by atoms with Crippen LogP contribution >= 0.6 is 0 Å². The normalized spacial score (nSPS) is 31.1. The van der Waals surface area contributed by atoms with Gasteiger partial charge < -0.3 is 9.64 Å². The molecule has 16 heavy (non-hydrogen) atoms. The maximum atomic E-state index is 11.4. The number of carbonyl (C=O) groups is 2. The molecular weight excluding hydrogens is 208 g/mol. The number of likely N-dealkylation sites (N-methyl/N-ethyl adjacent to an activating group) is 1. The van der Waals surface area contributed by atoms with Crippen LogP contribution in [0.1, 0.15) is 19.3 Å². The van der Waals surface area contributed by atoms with E-state index in [2.05, 4.69) is 4.90 Å². The van der Waals surface area contributed by atoms with Crippen molar-refractivity contribution < 1.29 is 14.3 Å². The first-order valence-electron chi connectivity index (χ1n) is 5.71. The SMILES string of the molecule is COC(=O)C1CCN1C1CCC(=O)N(C)C1. The number of likely N-dealkylation sites (tertiary alicyclic amines) is 2. The summed E-state index contributed by atoms with van der Waals surface area (Å²) in [5.41, 5.74) is 0. The number of esters is 1. The molecule has 0 spiro atoms. The summed E-state index contributed by atoms with van der Waals surface area (Å²) in [6, 6.07) is 0.233. The van der Waals surface area contributed by atoms with Crippen LogP contribution in [0.3, 0.4) is 0 Å². The van der Waals surface area contributed by atoms with Crippen LogP contribution in [0.2, 0.25) is 0 Å². The summed E-state index contributed by atoms with van der Waals surface area (Å²) in [6.07, 6.45) is 2.32. The summed E-state index contributed by atoms with van der Waals surface area (Å²) >= 11 is 0. The third kappa shape index (κ3) is 1.91. The highest BCUT2D eigenvalue weighted by atomic mass is 16.5. The summed E-state index contributed by atoms with van der Waals surface area (Å²) in [4.78, 5) is 26.7. The molecule has 2 saturated heterocycles. The average Bonchev–Trinajstić information content (AvgIpc) is 2.21. The molecule has 0 N–H and O–H groups in total. The van der Waals surface area contributed by atoms with Crippen molar-refractivity contribution in [2.75, 3.05) is 27.2 Å². The largest absolute Gasteiger partial charge is 0.468 e. The summed E-state index contributed by atoms with van der Waals surface area (Å²) in [7, 11) is 3.25. The van der Waals surface area contributed by atoms with E-state index in [0.29, 0.717) is 12.5 Å². The fraction of sp³-hybridized carbons (Fsp3) is 0.818. The van der Waals surface area contributed by atoms with E-state index in [1.807, 2.05) is 7.05 Å². The van der Waals surface area contributed by atoms with E-state index in [4.69, 9.17) is 4.74 Å². The molecule has 2 heterocycles. The molecule has 2 aliphatic rings. The lowest BCUT2D eigenvalue weighted by Gasteiger charge is -2.46. The molecule has 90 valence electrons. The van der Waals surface area contributed by atoms with Crippen LogP contribution in [-0.2, 0) is 14.3 Å². The first-order valence-corrected chi connectivity index (χ1v) is 5.71. The second-order valence-electron chi connectivity index (χ2n) is 4.53. The first kappa shape index (κ1) is 11.4. The van der Waals surface area contributed by atoms with E-state index in [1.54, 1.807) is 4.90 Å². The van der Waals surface area contributed by atoms with E-state index >= 15 is 0 Å². The standard InChI is InChI=1S/C11H18N2O3/c1-12-7-8(3-4-10(12)14)13-6-5-9(13)11(15)16-2/h8-9H,3-7H2,1-2H3. The van der Waals surface area contributed by atoms with Crippen LogP contribution in [-0.4, -0.2) is 61.0 Å². The van der Waals surface area contributed by atoms with E-state index in [9.17, 15) is 9.59 Å². The van der Waals surface area contributed by atoms with Gasteiger partial charge in [-0.25, -0.2) is 0 Å². The zero-order valence-corrected chi connectivity index (χ0v) is 9.81. The molecule has 0 bridgehead atoms. The van der Waals surface area contributed by atoms with Gasteiger partial charge in [-0.3, -0.25) is 14.5 Å². The molecule has 0 aromatic rings. The van der Waals surface area contributed by atoms with Crippen molar-refractivity contribution in [1.82, 2.24) is 9.80 Å². The molecule has 0 aromatic carbocycles. The van der Waals surface area contributed by atoms with Gasteiger partial charge >= 0.3 is 5.97 Å². The third-order valence-electron chi connectivity index (χ3n) is 3.61. The van der Waals surface area contributed by atoms with Gasteiger partial charge in [0.25, 0.3) is 0 Å². The summed E-state index contributed by atoms with van der Waals surface area (Å²) in [6.45, 7) is 1.67. The molecule has 0 aliphatic carbocycles. The van der Waals surface area contributed by atoms with E-state index in [1.165, 1.54) is 7.11 Å². The van der Waals surface area contributed by atoms with Crippen molar-refractivity contribution in [3.05, 3.63) is 0 Å². The van der Waals surface area contributed by atoms with E-state index < -0.39 is 0 Å². The highest BCUT2D eigenvalue weighted by molar-refractivity contribution is 5.78. The van der Waals surface area contributed by atoms with Crippen LogP contribution in [0.15, 0.2) is 0 Å². The van der Waals surface area contributed by atoms with Gasteiger partial charge in [-0.1, -0.05) is 0 Å².